The Balaban J connectivity index is 1.53. The van der Waals surface area contributed by atoms with Crippen LogP contribution in [0.1, 0.15) is 34.6 Å². The van der Waals surface area contributed by atoms with Crippen LogP contribution in [0.25, 0.3) is 0 Å². The zero-order valence-corrected chi connectivity index (χ0v) is 17.3. The Morgan fingerprint density at radius 2 is 1.50 bits per heavy atom. The maximum atomic E-state index is 13.3. The average Bonchev–Trinajstić information content (AvgIpc) is 3.11. The van der Waals surface area contributed by atoms with Crippen molar-refractivity contribution in [3.05, 3.63) is 101 Å². The van der Waals surface area contributed by atoms with E-state index in [1.807, 2.05) is 85.8 Å². The van der Waals surface area contributed by atoms with E-state index in [1.54, 1.807) is 4.90 Å². The number of carbonyl (C=O) groups is 2. The maximum absolute atomic E-state index is 13.3. The zero-order chi connectivity index (χ0) is 21.1. The molecule has 4 heteroatoms. The predicted molar refractivity (Wildman–Crippen MR) is 120 cm³/mol. The Morgan fingerprint density at radius 1 is 0.900 bits per heavy atom. The molecule has 0 unspecified atom stereocenters. The number of anilines is 1. The normalized spacial score (nSPS) is 16.2. The van der Waals surface area contributed by atoms with E-state index < -0.39 is 5.92 Å². The number of benzene rings is 3. The Morgan fingerprint density at radius 3 is 2.07 bits per heavy atom. The van der Waals surface area contributed by atoms with E-state index in [4.69, 9.17) is 0 Å². The Hall–Kier alpha value is -3.40. The van der Waals surface area contributed by atoms with Crippen LogP contribution in [0.2, 0.25) is 0 Å². The van der Waals surface area contributed by atoms with E-state index >= 15 is 0 Å². The summed E-state index contributed by atoms with van der Waals surface area (Å²) in [7, 11) is 0. The lowest BCUT2D eigenvalue weighted by atomic mass is 9.90. The third-order valence-corrected chi connectivity index (χ3v) is 5.80. The first-order valence-corrected chi connectivity index (χ1v) is 10.3. The van der Waals surface area contributed by atoms with Crippen molar-refractivity contribution >= 4 is 17.5 Å². The summed E-state index contributed by atoms with van der Waals surface area (Å²) in [5, 5.41) is 3.13. The van der Waals surface area contributed by atoms with E-state index in [2.05, 4.69) is 12.2 Å². The number of aryl methyl sites for hydroxylation is 2. The first-order valence-electron chi connectivity index (χ1n) is 10.3. The lowest BCUT2D eigenvalue weighted by Crippen LogP contribution is -2.40. The molecule has 3 aromatic carbocycles. The van der Waals surface area contributed by atoms with Crippen LogP contribution in [0.15, 0.2) is 78.9 Å². The molecule has 0 bridgehead atoms. The molecule has 0 aliphatic carbocycles. The van der Waals surface area contributed by atoms with Gasteiger partial charge in [0.1, 0.15) is 0 Å². The average molecular weight is 399 g/mol. The van der Waals surface area contributed by atoms with Gasteiger partial charge in [0.15, 0.2) is 0 Å². The van der Waals surface area contributed by atoms with Gasteiger partial charge in [-0.3, -0.25) is 9.59 Å². The standard InChI is InChI=1S/C26H26N2O2/c1-18-13-14-23(15-19(18)2)28-17-22(16-24(28)29)27-26(30)25(20-9-5-3-6-10-20)21-11-7-4-8-12-21/h3-15,22,25H,16-17H2,1-2H3,(H,27,30)/t22-/m1/s1. The number of hydrogen-bond donors (Lipinski definition) is 1. The smallest absolute Gasteiger partial charge is 0.232 e. The molecule has 1 fully saturated rings. The molecule has 2 amide bonds. The highest BCUT2D eigenvalue weighted by molar-refractivity contribution is 5.97. The minimum Gasteiger partial charge on any atom is -0.350 e. The van der Waals surface area contributed by atoms with Gasteiger partial charge in [0.2, 0.25) is 11.8 Å². The van der Waals surface area contributed by atoms with E-state index in [-0.39, 0.29) is 17.9 Å². The minimum absolute atomic E-state index is 0.0412. The van der Waals surface area contributed by atoms with Gasteiger partial charge in [0.05, 0.1) is 12.0 Å². The summed E-state index contributed by atoms with van der Waals surface area (Å²) in [6, 6.07) is 25.4. The van der Waals surface area contributed by atoms with E-state index in [9.17, 15) is 9.59 Å². The molecule has 4 rings (SSSR count). The molecule has 152 valence electrons. The highest BCUT2D eigenvalue weighted by Gasteiger charge is 2.33. The number of nitrogens with zero attached hydrogens (tertiary/aromatic N) is 1. The summed E-state index contributed by atoms with van der Waals surface area (Å²) in [6.07, 6.45) is 0.314. The number of rotatable bonds is 5. The molecule has 1 heterocycles. The number of carbonyl (C=O) groups excluding carboxylic acids is 2. The number of nitrogens with one attached hydrogen (secondary N) is 1. The van der Waals surface area contributed by atoms with E-state index in [0.29, 0.717) is 13.0 Å². The van der Waals surface area contributed by atoms with Crippen molar-refractivity contribution in [1.29, 1.82) is 0 Å². The second-order valence-electron chi connectivity index (χ2n) is 7.94. The van der Waals surface area contributed by atoms with Crippen LogP contribution in [0, 0.1) is 13.8 Å². The lowest BCUT2D eigenvalue weighted by Gasteiger charge is -2.21. The summed E-state index contributed by atoms with van der Waals surface area (Å²) in [4.78, 5) is 27.7. The predicted octanol–water partition coefficient (Wildman–Crippen LogP) is 4.36. The first kappa shape index (κ1) is 19.9. The highest BCUT2D eigenvalue weighted by atomic mass is 16.2. The van der Waals surface area contributed by atoms with Crippen LogP contribution in [0.3, 0.4) is 0 Å². The molecule has 1 saturated heterocycles. The molecule has 1 aliphatic rings. The minimum atomic E-state index is -0.404. The largest absolute Gasteiger partial charge is 0.350 e. The third kappa shape index (κ3) is 4.13. The fraction of sp³-hybridized carbons (Fsp3) is 0.231. The molecule has 30 heavy (non-hydrogen) atoms. The first-order chi connectivity index (χ1) is 14.5. The number of amides is 2. The highest BCUT2D eigenvalue weighted by Crippen LogP contribution is 2.27. The van der Waals surface area contributed by atoms with E-state index in [1.165, 1.54) is 5.56 Å². The summed E-state index contributed by atoms with van der Waals surface area (Å²) < 4.78 is 0. The van der Waals surface area contributed by atoms with Gasteiger partial charge in [-0.2, -0.15) is 0 Å². The van der Waals surface area contributed by atoms with Gasteiger partial charge in [0, 0.05) is 18.7 Å². The van der Waals surface area contributed by atoms with Crippen molar-refractivity contribution in [3.8, 4) is 0 Å². The van der Waals surface area contributed by atoms with Gasteiger partial charge in [-0.15, -0.1) is 0 Å². The van der Waals surface area contributed by atoms with Crippen molar-refractivity contribution in [1.82, 2.24) is 5.32 Å². The fourth-order valence-corrected chi connectivity index (χ4v) is 4.02. The Kier molecular flexibility index (Phi) is 5.66. The SMILES string of the molecule is Cc1ccc(N2C[C@H](NC(=O)C(c3ccccc3)c3ccccc3)CC2=O)cc1C. The molecule has 0 saturated carbocycles. The molecular weight excluding hydrogens is 372 g/mol. The van der Waals surface area contributed by atoms with Gasteiger partial charge in [-0.1, -0.05) is 66.7 Å². The molecule has 1 N–H and O–H groups in total. The van der Waals surface area contributed by atoms with Crippen LogP contribution in [-0.2, 0) is 9.59 Å². The Labute approximate surface area is 177 Å². The van der Waals surface area contributed by atoms with Gasteiger partial charge >= 0.3 is 0 Å². The maximum Gasteiger partial charge on any atom is 0.232 e. The third-order valence-electron chi connectivity index (χ3n) is 5.80. The van der Waals surface area contributed by atoms with Crippen molar-refractivity contribution < 1.29 is 9.59 Å². The van der Waals surface area contributed by atoms with Gasteiger partial charge < -0.3 is 10.2 Å². The molecule has 4 nitrogen and oxygen atoms in total. The van der Waals surface area contributed by atoms with Gasteiger partial charge in [-0.05, 0) is 48.2 Å². The molecule has 1 atom stereocenters. The molecule has 0 aromatic heterocycles. The van der Waals surface area contributed by atoms with Crippen LogP contribution >= 0.6 is 0 Å². The van der Waals surface area contributed by atoms with Crippen LogP contribution in [0.4, 0.5) is 5.69 Å². The van der Waals surface area contributed by atoms with Crippen LogP contribution in [-0.4, -0.2) is 24.4 Å². The van der Waals surface area contributed by atoms with Crippen molar-refractivity contribution in [3.63, 3.8) is 0 Å². The van der Waals surface area contributed by atoms with Crippen molar-refractivity contribution in [2.75, 3.05) is 11.4 Å². The number of hydrogen-bond acceptors (Lipinski definition) is 2. The second-order valence-corrected chi connectivity index (χ2v) is 7.94. The summed E-state index contributed by atoms with van der Waals surface area (Å²) in [5.41, 5.74) is 5.13. The lowest BCUT2D eigenvalue weighted by molar-refractivity contribution is -0.122. The van der Waals surface area contributed by atoms with Gasteiger partial charge in [0.25, 0.3) is 0 Å². The molecule has 0 spiro atoms. The van der Waals surface area contributed by atoms with E-state index in [0.717, 1.165) is 22.4 Å². The van der Waals surface area contributed by atoms with Crippen LogP contribution in [0.5, 0.6) is 0 Å². The zero-order valence-electron chi connectivity index (χ0n) is 17.3. The molecular formula is C26H26N2O2. The second kappa shape index (κ2) is 8.54. The monoisotopic (exact) mass is 398 g/mol. The molecule has 3 aromatic rings. The van der Waals surface area contributed by atoms with Crippen molar-refractivity contribution in [2.45, 2.75) is 32.2 Å². The van der Waals surface area contributed by atoms with Gasteiger partial charge in [-0.25, -0.2) is 0 Å². The Bertz CT molecular complexity index is 1010. The fourth-order valence-electron chi connectivity index (χ4n) is 4.02. The molecule has 0 radical (unpaired) electrons. The topological polar surface area (TPSA) is 49.4 Å². The van der Waals surface area contributed by atoms with Crippen LogP contribution < -0.4 is 10.2 Å². The molecule has 1 aliphatic heterocycles. The van der Waals surface area contributed by atoms with Crippen molar-refractivity contribution in [2.24, 2.45) is 0 Å². The summed E-state index contributed by atoms with van der Waals surface area (Å²) >= 11 is 0. The summed E-state index contributed by atoms with van der Waals surface area (Å²) in [6.45, 7) is 4.59. The quantitative estimate of drug-likeness (QED) is 0.694. The summed E-state index contributed by atoms with van der Waals surface area (Å²) in [5.74, 6) is -0.440.